The summed E-state index contributed by atoms with van der Waals surface area (Å²) in [5.41, 5.74) is 1.51. The molecular formula is C19H19FINO2. The van der Waals surface area contributed by atoms with Crippen molar-refractivity contribution in [2.45, 2.75) is 18.9 Å². The first-order valence-corrected chi connectivity index (χ1v) is 9.13. The number of carbonyl (C=O) groups excluding carboxylic acids is 1. The molecule has 2 atom stereocenters. The van der Waals surface area contributed by atoms with Crippen molar-refractivity contribution >= 4 is 28.5 Å². The molecule has 2 aromatic carbocycles. The highest BCUT2D eigenvalue weighted by molar-refractivity contribution is 14.1. The van der Waals surface area contributed by atoms with E-state index in [-0.39, 0.29) is 17.9 Å². The van der Waals surface area contributed by atoms with Crippen LogP contribution in [0.5, 0.6) is 0 Å². The number of rotatable bonds is 4. The Bertz CT molecular complexity index is 708. The third kappa shape index (κ3) is 4.13. The molecule has 1 aliphatic heterocycles. The van der Waals surface area contributed by atoms with E-state index >= 15 is 0 Å². The summed E-state index contributed by atoms with van der Waals surface area (Å²) in [7, 11) is 0. The Balaban J connectivity index is 1.68. The van der Waals surface area contributed by atoms with Crippen LogP contribution in [0.2, 0.25) is 0 Å². The van der Waals surface area contributed by atoms with Crippen molar-refractivity contribution in [2.75, 3.05) is 13.2 Å². The van der Waals surface area contributed by atoms with E-state index in [4.69, 9.17) is 4.74 Å². The van der Waals surface area contributed by atoms with Crippen molar-refractivity contribution in [3.05, 3.63) is 69.0 Å². The topological polar surface area (TPSA) is 38.3 Å². The monoisotopic (exact) mass is 439 g/mol. The molecule has 5 heteroatoms. The van der Waals surface area contributed by atoms with Crippen LogP contribution in [-0.2, 0) is 4.74 Å². The lowest BCUT2D eigenvalue weighted by molar-refractivity contribution is -0.0272. The van der Waals surface area contributed by atoms with Crippen molar-refractivity contribution in [3.63, 3.8) is 0 Å². The molecule has 126 valence electrons. The molecule has 1 heterocycles. The van der Waals surface area contributed by atoms with E-state index in [2.05, 4.69) is 17.4 Å². The minimum atomic E-state index is -0.399. The molecule has 0 aliphatic carbocycles. The summed E-state index contributed by atoms with van der Waals surface area (Å²) in [6.07, 6.45) is 1.98. The van der Waals surface area contributed by atoms with Crippen molar-refractivity contribution in [1.29, 1.82) is 0 Å². The fraction of sp³-hybridized carbons (Fsp3) is 0.316. The molecule has 0 aromatic heterocycles. The van der Waals surface area contributed by atoms with Crippen molar-refractivity contribution < 1.29 is 13.9 Å². The van der Waals surface area contributed by atoms with E-state index < -0.39 is 5.82 Å². The van der Waals surface area contributed by atoms with Crippen LogP contribution in [-0.4, -0.2) is 19.1 Å². The van der Waals surface area contributed by atoms with E-state index in [9.17, 15) is 9.18 Å². The quantitative estimate of drug-likeness (QED) is 0.721. The highest BCUT2D eigenvalue weighted by atomic mass is 127. The maximum absolute atomic E-state index is 13.4. The van der Waals surface area contributed by atoms with Gasteiger partial charge in [0.15, 0.2) is 0 Å². The first kappa shape index (κ1) is 17.4. The predicted octanol–water partition coefficient (Wildman–Crippen LogP) is 4.33. The van der Waals surface area contributed by atoms with Gasteiger partial charge in [-0.05, 0) is 59.2 Å². The maximum atomic E-state index is 13.4. The first-order chi connectivity index (χ1) is 11.6. The van der Waals surface area contributed by atoms with Gasteiger partial charge in [0.1, 0.15) is 5.82 Å². The second-order valence-electron chi connectivity index (χ2n) is 5.94. The lowest BCUT2D eigenvalue weighted by atomic mass is 9.89. The van der Waals surface area contributed by atoms with Crippen LogP contribution < -0.4 is 5.32 Å². The van der Waals surface area contributed by atoms with Gasteiger partial charge in [0.05, 0.1) is 11.7 Å². The lowest BCUT2D eigenvalue weighted by Gasteiger charge is -2.32. The molecule has 0 spiro atoms. The minimum Gasteiger partial charge on any atom is -0.373 e. The highest BCUT2D eigenvalue weighted by Gasteiger charge is 2.28. The zero-order valence-corrected chi connectivity index (χ0v) is 15.3. The smallest absolute Gasteiger partial charge is 0.252 e. The fourth-order valence-corrected chi connectivity index (χ4v) is 3.63. The normalized spacial score (nSPS) is 20.6. The van der Waals surface area contributed by atoms with Crippen LogP contribution in [0.4, 0.5) is 4.39 Å². The minimum absolute atomic E-state index is 0.00756. The third-order valence-corrected chi connectivity index (χ3v) is 5.21. The molecule has 2 unspecified atom stereocenters. The van der Waals surface area contributed by atoms with E-state index in [0.29, 0.717) is 12.1 Å². The Hall–Kier alpha value is -1.47. The molecule has 24 heavy (non-hydrogen) atoms. The summed E-state index contributed by atoms with van der Waals surface area (Å²) in [5.74, 6) is -0.420. The van der Waals surface area contributed by atoms with Crippen molar-refractivity contribution in [3.8, 4) is 0 Å². The average Bonchev–Trinajstić information content (AvgIpc) is 2.62. The van der Waals surface area contributed by atoms with Crippen LogP contribution >= 0.6 is 22.6 Å². The van der Waals surface area contributed by atoms with Gasteiger partial charge in [0.2, 0.25) is 0 Å². The van der Waals surface area contributed by atoms with E-state index in [1.54, 1.807) is 6.07 Å². The van der Waals surface area contributed by atoms with Crippen molar-refractivity contribution in [2.24, 2.45) is 5.92 Å². The number of benzene rings is 2. The zero-order chi connectivity index (χ0) is 16.9. The number of hydrogen-bond acceptors (Lipinski definition) is 2. The Kier molecular flexibility index (Phi) is 5.84. The molecule has 3 rings (SSSR count). The average molecular weight is 439 g/mol. The largest absolute Gasteiger partial charge is 0.373 e. The summed E-state index contributed by atoms with van der Waals surface area (Å²) in [6.45, 7) is 1.26. The number of halogens is 2. The van der Waals surface area contributed by atoms with E-state index in [1.807, 2.05) is 40.8 Å². The molecule has 1 fully saturated rings. The van der Waals surface area contributed by atoms with Crippen molar-refractivity contribution in [1.82, 2.24) is 5.32 Å². The Morgan fingerprint density at radius 2 is 2.04 bits per heavy atom. The number of amides is 1. The molecule has 1 amide bonds. The van der Waals surface area contributed by atoms with Gasteiger partial charge >= 0.3 is 0 Å². The van der Waals surface area contributed by atoms with Gasteiger partial charge in [-0.15, -0.1) is 0 Å². The van der Waals surface area contributed by atoms with E-state index in [1.165, 1.54) is 12.1 Å². The number of carbonyl (C=O) groups is 1. The molecule has 0 radical (unpaired) electrons. The third-order valence-electron chi connectivity index (χ3n) is 4.27. The Morgan fingerprint density at radius 1 is 1.25 bits per heavy atom. The zero-order valence-electron chi connectivity index (χ0n) is 13.2. The van der Waals surface area contributed by atoms with Crippen LogP contribution in [0.1, 0.15) is 34.9 Å². The van der Waals surface area contributed by atoms with Gasteiger partial charge in [-0.1, -0.05) is 30.3 Å². The van der Waals surface area contributed by atoms with Gasteiger partial charge in [-0.2, -0.15) is 0 Å². The van der Waals surface area contributed by atoms with Gasteiger partial charge < -0.3 is 10.1 Å². The number of ether oxygens (including phenoxy) is 1. The molecule has 0 saturated carbocycles. The maximum Gasteiger partial charge on any atom is 0.252 e. The second-order valence-corrected chi connectivity index (χ2v) is 7.10. The molecule has 2 aromatic rings. The lowest BCUT2D eigenvalue weighted by Crippen LogP contribution is -2.35. The molecule has 1 aliphatic rings. The van der Waals surface area contributed by atoms with E-state index in [0.717, 1.165) is 28.6 Å². The van der Waals surface area contributed by atoms with Gasteiger partial charge in [-0.25, -0.2) is 4.39 Å². The standard InChI is InChI=1S/C19H19FINO2/c20-15-8-9-17(21)16(11-15)19(23)22-12-14-7-4-10-24-18(14)13-5-2-1-3-6-13/h1-3,5-6,8-9,11,14,18H,4,7,10,12H2,(H,22,23). The summed E-state index contributed by atoms with van der Waals surface area (Å²) >= 11 is 2.05. The SMILES string of the molecule is O=C(NCC1CCCOC1c1ccccc1)c1cc(F)ccc1I. The molecular weight excluding hydrogens is 420 g/mol. The fourth-order valence-electron chi connectivity index (χ4n) is 3.05. The molecule has 0 bridgehead atoms. The van der Waals surface area contributed by atoms with Gasteiger partial charge in [-0.3, -0.25) is 4.79 Å². The first-order valence-electron chi connectivity index (χ1n) is 8.05. The Morgan fingerprint density at radius 3 is 2.83 bits per heavy atom. The number of hydrogen-bond donors (Lipinski definition) is 1. The molecule has 1 saturated heterocycles. The van der Waals surface area contributed by atoms with Crippen LogP contribution in [0, 0.1) is 15.3 Å². The molecule has 3 nitrogen and oxygen atoms in total. The van der Waals surface area contributed by atoms with Crippen LogP contribution in [0.25, 0.3) is 0 Å². The predicted molar refractivity (Wildman–Crippen MR) is 99.3 cm³/mol. The molecule has 1 N–H and O–H groups in total. The van der Waals surface area contributed by atoms with Gasteiger partial charge in [0.25, 0.3) is 5.91 Å². The second kappa shape index (κ2) is 8.07. The van der Waals surface area contributed by atoms with Crippen LogP contribution in [0.3, 0.4) is 0 Å². The Labute approximate surface area is 154 Å². The summed E-state index contributed by atoms with van der Waals surface area (Å²) < 4.78 is 20.1. The summed E-state index contributed by atoms with van der Waals surface area (Å²) in [5, 5.41) is 2.95. The van der Waals surface area contributed by atoms with Gasteiger partial charge in [0, 0.05) is 22.6 Å². The highest BCUT2D eigenvalue weighted by Crippen LogP contribution is 2.33. The number of nitrogens with one attached hydrogen (secondary N) is 1. The summed E-state index contributed by atoms with van der Waals surface area (Å²) in [6, 6.07) is 14.3. The van der Waals surface area contributed by atoms with Crippen LogP contribution in [0.15, 0.2) is 48.5 Å². The summed E-state index contributed by atoms with van der Waals surface area (Å²) in [4.78, 5) is 12.4.